The maximum Gasteiger partial charge on any atom is 0.120 e. The van der Waals surface area contributed by atoms with Crippen LogP contribution < -0.4 is 4.74 Å². The molecule has 1 N–H and O–H groups in total. The summed E-state index contributed by atoms with van der Waals surface area (Å²) < 4.78 is 6.72. The summed E-state index contributed by atoms with van der Waals surface area (Å²) in [6, 6.07) is 15.7. The highest BCUT2D eigenvalue weighted by Gasteiger charge is 2.10. The topological polar surface area (TPSA) is 29.5 Å². The van der Waals surface area contributed by atoms with E-state index in [-0.39, 0.29) is 6.10 Å². The van der Waals surface area contributed by atoms with Crippen LogP contribution in [-0.2, 0) is 0 Å². The summed E-state index contributed by atoms with van der Waals surface area (Å²) in [5.74, 6) is 1.40. The highest BCUT2D eigenvalue weighted by Crippen LogP contribution is 2.31. The number of aliphatic hydroxyl groups is 1. The van der Waals surface area contributed by atoms with Gasteiger partial charge in [-0.05, 0) is 59.6 Å². The molecule has 0 aliphatic rings. The van der Waals surface area contributed by atoms with E-state index in [0.717, 1.165) is 20.7 Å². The van der Waals surface area contributed by atoms with Crippen molar-refractivity contribution >= 4 is 27.7 Å². The molecule has 0 radical (unpaired) electrons. The Kier molecular flexibility index (Phi) is 6.15. The lowest BCUT2D eigenvalue weighted by atomic mass is 10.1. The molecule has 0 bridgehead atoms. The first-order chi connectivity index (χ1) is 10.1. The van der Waals surface area contributed by atoms with E-state index in [1.807, 2.05) is 62.4 Å². The van der Waals surface area contributed by atoms with Gasteiger partial charge in [-0.2, -0.15) is 0 Å². The number of hydrogen-bond donors (Lipinski definition) is 1. The van der Waals surface area contributed by atoms with Crippen LogP contribution in [0.4, 0.5) is 0 Å². The molecule has 2 nitrogen and oxygen atoms in total. The lowest BCUT2D eigenvalue weighted by Gasteiger charge is -2.14. The molecule has 0 saturated heterocycles. The largest absolute Gasteiger partial charge is 0.491 e. The maximum atomic E-state index is 10.3. The Morgan fingerprint density at radius 1 is 1.14 bits per heavy atom. The van der Waals surface area contributed by atoms with Gasteiger partial charge in [0.25, 0.3) is 0 Å². The average molecular weight is 367 g/mol. The van der Waals surface area contributed by atoms with Crippen molar-refractivity contribution in [2.24, 2.45) is 0 Å². The fourth-order valence-corrected chi connectivity index (χ4v) is 3.43. The van der Waals surface area contributed by atoms with Gasteiger partial charge in [0.15, 0.2) is 0 Å². The van der Waals surface area contributed by atoms with Gasteiger partial charge in [-0.25, -0.2) is 0 Å². The zero-order valence-corrected chi connectivity index (χ0v) is 14.5. The Morgan fingerprint density at radius 2 is 1.90 bits per heavy atom. The molecule has 0 aliphatic heterocycles. The van der Waals surface area contributed by atoms with E-state index < -0.39 is 6.10 Å². The zero-order valence-electron chi connectivity index (χ0n) is 12.1. The Balaban J connectivity index is 2.00. The number of rotatable bonds is 6. The number of benzene rings is 2. The Hall–Kier alpha value is -0.970. The van der Waals surface area contributed by atoms with Crippen molar-refractivity contribution in [2.45, 2.75) is 31.0 Å². The summed E-state index contributed by atoms with van der Waals surface area (Å²) in [7, 11) is 0. The highest BCUT2D eigenvalue weighted by molar-refractivity contribution is 9.10. The predicted molar refractivity (Wildman–Crippen MR) is 92.0 cm³/mol. The number of ether oxygens (including phenoxy) is 1. The van der Waals surface area contributed by atoms with Gasteiger partial charge in [0.1, 0.15) is 5.75 Å². The molecule has 4 heteroatoms. The molecular formula is C17H19BrO2S. The first kappa shape index (κ1) is 16.4. The van der Waals surface area contributed by atoms with E-state index in [4.69, 9.17) is 4.74 Å². The molecule has 0 aliphatic carbocycles. The molecule has 0 aromatic heterocycles. The van der Waals surface area contributed by atoms with Crippen molar-refractivity contribution in [1.29, 1.82) is 0 Å². The van der Waals surface area contributed by atoms with E-state index in [9.17, 15) is 5.11 Å². The van der Waals surface area contributed by atoms with Gasteiger partial charge in [-0.15, -0.1) is 11.8 Å². The van der Waals surface area contributed by atoms with Gasteiger partial charge in [0.2, 0.25) is 0 Å². The minimum absolute atomic E-state index is 0.132. The number of hydrogen-bond acceptors (Lipinski definition) is 3. The Labute approximate surface area is 138 Å². The summed E-state index contributed by atoms with van der Waals surface area (Å²) in [5, 5.41) is 10.3. The molecule has 0 saturated carbocycles. The van der Waals surface area contributed by atoms with Gasteiger partial charge < -0.3 is 9.84 Å². The van der Waals surface area contributed by atoms with E-state index in [2.05, 4.69) is 15.9 Å². The summed E-state index contributed by atoms with van der Waals surface area (Å²) in [5.41, 5.74) is 0.882. The van der Waals surface area contributed by atoms with Gasteiger partial charge in [-0.1, -0.05) is 24.3 Å². The maximum absolute atomic E-state index is 10.3. The van der Waals surface area contributed by atoms with Crippen LogP contribution in [0, 0.1) is 0 Å². The van der Waals surface area contributed by atoms with Crippen LogP contribution in [0.15, 0.2) is 57.9 Å². The second kappa shape index (κ2) is 7.87. The molecular weight excluding hydrogens is 348 g/mol. The van der Waals surface area contributed by atoms with Crippen LogP contribution in [0.1, 0.15) is 25.5 Å². The lowest BCUT2D eigenvalue weighted by Crippen LogP contribution is -2.07. The van der Waals surface area contributed by atoms with Crippen molar-refractivity contribution in [3.05, 3.63) is 58.6 Å². The summed E-state index contributed by atoms with van der Waals surface area (Å²) in [4.78, 5) is 1.13. The minimum atomic E-state index is -0.516. The minimum Gasteiger partial charge on any atom is -0.491 e. The van der Waals surface area contributed by atoms with Crippen LogP contribution in [0.2, 0.25) is 0 Å². The predicted octanol–water partition coefficient (Wildman–Crippen LogP) is 5.06. The molecule has 0 spiro atoms. The molecule has 1 unspecified atom stereocenters. The zero-order chi connectivity index (χ0) is 15.2. The van der Waals surface area contributed by atoms with Gasteiger partial charge in [-0.3, -0.25) is 0 Å². The quantitative estimate of drug-likeness (QED) is 0.724. The van der Waals surface area contributed by atoms with Crippen molar-refractivity contribution in [2.75, 3.05) is 5.75 Å². The van der Waals surface area contributed by atoms with Crippen molar-refractivity contribution in [3.8, 4) is 5.75 Å². The van der Waals surface area contributed by atoms with Crippen LogP contribution in [0.5, 0.6) is 5.75 Å². The molecule has 2 rings (SSSR count). The highest BCUT2D eigenvalue weighted by atomic mass is 79.9. The third kappa shape index (κ3) is 5.06. The van der Waals surface area contributed by atoms with E-state index >= 15 is 0 Å². The summed E-state index contributed by atoms with van der Waals surface area (Å²) >= 11 is 5.15. The molecule has 2 aromatic rings. The second-order valence-electron chi connectivity index (χ2n) is 5.00. The van der Waals surface area contributed by atoms with Crippen molar-refractivity contribution in [1.82, 2.24) is 0 Å². The van der Waals surface area contributed by atoms with Gasteiger partial charge in [0, 0.05) is 15.1 Å². The van der Waals surface area contributed by atoms with Crippen molar-refractivity contribution in [3.63, 3.8) is 0 Å². The first-order valence-corrected chi connectivity index (χ1v) is 8.66. The van der Waals surface area contributed by atoms with Gasteiger partial charge in [0.05, 0.1) is 12.2 Å². The number of halogens is 1. The first-order valence-electron chi connectivity index (χ1n) is 6.88. The molecule has 0 fully saturated rings. The number of aliphatic hydroxyl groups excluding tert-OH is 1. The van der Waals surface area contributed by atoms with E-state index in [1.165, 1.54) is 0 Å². The molecule has 1 atom stereocenters. The molecule has 2 aromatic carbocycles. The number of thioether (sulfide) groups is 1. The molecule has 0 heterocycles. The SMILES string of the molecule is CC(C)Oc1cccc(C(O)CSc2ccccc2Br)c1. The van der Waals surface area contributed by atoms with Crippen LogP contribution in [-0.4, -0.2) is 17.0 Å². The fourth-order valence-electron chi connectivity index (χ4n) is 1.89. The smallest absolute Gasteiger partial charge is 0.120 e. The average Bonchev–Trinajstić information content (AvgIpc) is 2.45. The van der Waals surface area contributed by atoms with E-state index in [1.54, 1.807) is 11.8 Å². The monoisotopic (exact) mass is 366 g/mol. The Morgan fingerprint density at radius 3 is 2.62 bits per heavy atom. The molecule has 112 valence electrons. The van der Waals surface area contributed by atoms with Crippen LogP contribution in [0.25, 0.3) is 0 Å². The third-order valence-electron chi connectivity index (χ3n) is 2.85. The van der Waals surface area contributed by atoms with Gasteiger partial charge >= 0.3 is 0 Å². The van der Waals surface area contributed by atoms with E-state index in [0.29, 0.717) is 5.75 Å². The molecule has 0 amide bonds. The third-order valence-corrected chi connectivity index (χ3v) is 4.95. The summed E-state index contributed by atoms with van der Waals surface area (Å²) in [6.07, 6.45) is -0.384. The second-order valence-corrected chi connectivity index (χ2v) is 6.91. The molecule has 21 heavy (non-hydrogen) atoms. The standard InChI is InChI=1S/C17H19BrO2S/c1-12(2)20-14-7-5-6-13(10-14)16(19)11-21-17-9-4-3-8-15(17)18/h3-10,12,16,19H,11H2,1-2H3. The van der Waals surface area contributed by atoms with Crippen LogP contribution >= 0.6 is 27.7 Å². The van der Waals surface area contributed by atoms with Crippen LogP contribution in [0.3, 0.4) is 0 Å². The lowest BCUT2D eigenvalue weighted by molar-refractivity contribution is 0.201. The summed E-state index contributed by atoms with van der Waals surface area (Å²) in [6.45, 7) is 3.98. The Bertz CT molecular complexity index is 587. The fraction of sp³-hybridized carbons (Fsp3) is 0.294. The van der Waals surface area contributed by atoms with Crippen molar-refractivity contribution < 1.29 is 9.84 Å². The normalized spacial score (nSPS) is 12.4.